The second kappa shape index (κ2) is 10.3. The third-order valence-electron chi connectivity index (χ3n) is 5.14. The summed E-state index contributed by atoms with van der Waals surface area (Å²) in [5.41, 5.74) is 2.55. The maximum Gasteiger partial charge on any atom is 0.240 e. The number of aromatic nitrogens is 1. The van der Waals surface area contributed by atoms with Gasteiger partial charge in [0.1, 0.15) is 0 Å². The highest BCUT2D eigenvalue weighted by Crippen LogP contribution is 2.34. The molecule has 27 heavy (non-hydrogen) atoms. The molecular formula is C20H25Cl2N3OS. The zero-order valence-corrected chi connectivity index (χ0v) is 17.4. The highest BCUT2D eigenvalue weighted by atomic mass is 35.5. The van der Waals surface area contributed by atoms with Crippen LogP contribution >= 0.6 is 36.6 Å². The summed E-state index contributed by atoms with van der Waals surface area (Å²) in [5.74, 6) is 1.67. The van der Waals surface area contributed by atoms with Crippen LogP contribution in [0.2, 0.25) is 0 Å². The van der Waals surface area contributed by atoms with Gasteiger partial charge in [0.2, 0.25) is 5.91 Å². The van der Waals surface area contributed by atoms with E-state index in [1.807, 2.05) is 17.2 Å². The van der Waals surface area contributed by atoms with Gasteiger partial charge in [-0.15, -0.1) is 36.6 Å². The van der Waals surface area contributed by atoms with Crippen molar-refractivity contribution in [2.75, 3.05) is 18.8 Å². The van der Waals surface area contributed by atoms with Gasteiger partial charge in [0, 0.05) is 31.2 Å². The number of rotatable bonds is 3. The molecule has 4 nitrogen and oxygen atoms in total. The van der Waals surface area contributed by atoms with Gasteiger partial charge in [-0.2, -0.15) is 0 Å². The maximum absolute atomic E-state index is 12.9. The van der Waals surface area contributed by atoms with Gasteiger partial charge in [0.25, 0.3) is 0 Å². The average molecular weight is 426 g/mol. The van der Waals surface area contributed by atoms with Crippen LogP contribution < -0.4 is 5.32 Å². The lowest BCUT2D eigenvalue weighted by Gasteiger charge is -2.33. The van der Waals surface area contributed by atoms with Gasteiger partial charge in [-0.25, -0.2) is 0 Å². The summed E-state index contributed by atoms with van der Waals surface area (Å²) >= 11 is 1.79. The third-order valence-corrected chi connectivity index (χ3v) is 6.41. The molecule has 2 saturated heterocycles. The second-order valence-electron chi connectivity index (χ2n) is 6.73. The predicted octanol–water partition coefficient (Wildman–Crippen LogP) is 4.04. The fourth-order valence-electron chi connectivity index (χ4n) is 3.72. The number of carbonyl (C=O) groups excluding carboxylic acids is 1. The van der Waals surface area contributed by atoms with E-state index in [0.717, 1.165) is 37.2 Å². The normalized spacial score (nSPS) is 22.6. The first-order valence-corrected chi connectivity index (χ1v) is 9.97. The van der Waals surface area contributed by atoms with Crippen molar-refractivity contribution in [1.82, 2.24) is 15.2 Å². The smallest absolute Gasteiger partial charge is 0.240 e. The van der Waals surface area contributed by atoms with Crippen LogP contribution in [0.4, 0.5) is 0 Å². The maximum atomic E-state index is 12.9. The van der Waals surface area contributed by atoms with Crippen molar-refractivity contribution in [2.24, 2.45) is 0 Å². The van der Waals surface area contributed by atoms with E-state index in [2.05, 4.69) is 46.7 Å². The highest BCUT2D eigenvalue weighted by Gasteiger charge is 2.34. The molecule has 0 bridgehead atoms. The molecule has 2 aliphatic heterocycles. The van der Waals surface area contributed by atoms with Gasteiger partial charge in [-0.05, 0) is 36.0 Å². The molecule has 0 radical (unpaired) electrons. The zero-order chi connectivity index (χ0) is 17.1. The SMILES string of the molecule is Cl.Cl.O=C(C1CSC(c2cccnc2)N1)N1CCC(c2ccccc2)CC1. The molecule has 0 aliphatic carbocycles. The number of hydrogen-bond donors (Lipinski definition) is 1. The molecular weight excluding hydrogens is 401 g/mol. The summed E-state index contributed by atoms with van der Waals surface area (Å²) < 4.78 is 0. The van der Waals surface area contributed by atoms with E-state index >= 15 is 0 Å². The molecule has 0 saturated carbocycles. The van der Waals surface area contributed by atoms with Crippen LogP contribution in [-0.2, 0) is 4.79 Å². The van der Waals surface area contributed by atoms with Crippen molar-refractivity contribution in [1.29, 1.82) is 0 Å². The van der Waals surface area contributed by atoms with Crippen LogP contribution in [0.5, 0.6) is 0 Å². The second-order valence-corrected chi connectivity index (χ2v) is 7.87. The van der Waals surface area contributed by atoms with E-state index in [1.165, 1.54) is 5.56 Å². The third kappa shape index (κ3) is 5.17. The van der Waals surface area contributed by atoms with Crippen LogP contribution in [0, 0.1) is 0 Å². The Morgan fingerprint density at radius 3 is 2.41 bits per heavy atom. The van der Waals surface area contributed by atoms with Crippen molar-refractivity contribution < 1.29 is 4.79 Å². The number of amides is 1. The zero-order valence-electron chi connectivity index (χ0n) is 15.0. The first kappa shape index (κ1) is 22.0. The number of piperidine rings is 1. The lowest BCUT2D eigenvalue weighted by molar-refractivity contribution is -0.133. The molecule has 2 aromatic rings. The monoisotopic (exact) mass is 425 g/mol. The Labute approximate surface area is 177 Å². The first-order chi connectivity index (χ1) is 12.3. The van der Waals surface area contributed by atoms with E-state index < -0.39 is 0 Å². The Morgan fingerprint density at radius 2 is 1.74 bits per heavy atom. The largest absolute Gasteiger partial charge is 0.341 e. The molecule has 2 unspecified atom stereocenters. The number of nitrogens with one attached hydrogen (secondary N) is 1. The minimum atomic E-state index is -0.0801. The summed E-state index contributed by atoms with van der Waals surface area (Å²) in [6.45, 7) is 1.72. The van der Waals surface area contributed by atoms with Crippen molar-refractivity contribution in [3.05, 3.63) is 66.0 Å². The van der Waals surface area contributed by atoms with Gasteiger partial charge in [0.15, 0.2) is 0 Å². The fourth-order valence-corrected chi connectivity index (χ4v) is 4.93. The van der Waals surface area contributed by atoms with E-state index in [9.17, 15) is 4.79 Å². The van der Waals surface area contributed by atoms with Gasteiger partial charge < -0.3 is 4.90 Å². The number of carbonyl (C=O) groups is 1. The Balaban J connectivity index is 0.00000131. The highest BCUT2D eigenvalue weighted by molar-refractivity contribution is 7.99. The summed E-state index contributed by atoms with van der Waals surface area (Å²) in [6.07, 6.45) is 5.77. The van der Waals surface area contributed by atoms with Crippen molar-refractivity contribution >= 4 is 42.5 Å². The number of thioether (sulfide) groups is 1. The number of benzene rings is 1. The topological polar surface area (TPSA) is 45.2 Å². The van der Waals surface area contributed by atoms with Crippen molar-refractivity contribution in [3.63, 3.8) is 0 Å². The van der Waals surface area contributed by atoms with E-state index in [0.29, 0.717) is 5.92 Å². The molecule has 1 amide bonds. The van der Waals surface area contributed by atoms with Gasteiger partial charge in [0.05, 0.1) is 11.4 Å². The molecule has 4 rings (SSSR count). The molecule has 1 aromatic heterocycles. The number of hydrogen-bond acceptors (Lipinski definition) is 4. The molecule has 2 fully saturated rings. The summed E-state index contributed by atoms with van der Waals surface area (Å²) in [7, 11) is 0. The lowest BCUT2D eigenvalue weighted by atomic mass is 9.89. The van der Waals surface area contributed by atoms with E-state index in [1.54, 1.807) is 18.0 Å². The minimum Gasteiger partial charge on any atom is -0.341 e. The number of halogens is 2. The minimum absolute atomic E-state index is 0. The number of nitrogens with zero attached hydrogens (tertiary/aromatic N) is 2. The molecule has 146 valence electrons. The molecule has 7 heteroatoms. The fraction of sp³-hybridized carbons (Fsp3) is 0.400. The van der Waals surface area contributed by atoms with Gasteiger partial charge in [-0.3, -0.25) is 15.1 Å². The first-order valence-electron chi connectivity index (χ1n) is 8.92. The standard InChI is InChI=1S/C20H23N3OS.2ClH/c24-20(18-14-25-19(22-18)17-7-4-10-21-13-17)23-11-8-16(9-12-23)15-5-2-1-3-6-15;;/h1-7,10,13,16,18-19,22H,8-9,11-12,14H2;2*1H. The Morgan fingerprint density at radius 1 is 1.04 bits per heavy atom. The summed E-state index contributed by atoms with van der Waals surface area (Å²) in [6, 6.07) is 14.6. The van der Waals surface area contributed by atoms with Crippen LogP contribution in [-0.4, -0.2) is 40.7 Å². The Kier molecular flexibility index (Phi) is 8.42. The summed E-state index contributed by atoms with van der Waals surface area (Å²) in [4.78, 5) is 19.1. The van der Waals surface area contributed by atoms with Crippen molar-refractivity contribution in [2.45, 2.75) is 30.2 Å². The van der Waals surface area contributed by atoms with Crippen LogP contribution in [0.25, 0.3) is 0 Å². The lowest BCUT2D eigenvalue weighted by Crippen LogP contribution is -2.48. The van der Waals surface area contributed by atoms with E-state index in [-0.39, 0.29) is 42.1 Å². The average Bonchev–Trinajstić information content (AvgIpc) is 3.19. The van der Waals surface area contributed by atoms with E-state index in [4.69, 9.17) is 0 Å². The summed E-state index contributed by atoms with van der Waals surface area (Å²) in [5, 5.41) is 3.65. The van der Waals surface area contributed by atoms with Crippen LogP contribution in [0.1, 0.15) is 35.3 Å². The van der Waals surface area contributed by atoms with Gasteiger partial charge >= 0.3 is 0 Å². The quantitative estimate of drug-likeness (QED) is 0.805. The number of pyridine rings is 1. The molecule has 2 aliphatic rings. The molecule has 3 heterocycles. The molecule has 1 N–H and O–H groups in total. The number of likely N-dealkylation sites (tertiary alicyclic amines) is 1. The molecule has 2 atom stereocenters. The predicted molar refractivity (Wildman–Crippen MR) is 116 cm³/mol. The Hall–Kier alpha value is -1.27. The molecule has 0 spiro atoms. The molecule has 1 aromatic carbocycles. The Bertz CT molecular complexity index is 712. The van der Waals surface area contributed by atoms with Crippen LogP contribution in [0.3, 0.4) is 0 Å². The van der Waals surface area contributed by atoms with Crippen LogP contribution in [0.15, 0.2) is 54.9 Å². The van der Waals surface area contributed by atoms with Gasteiger partial charge in [-0.1, -0.05) is 36.4 Å². The van der Waals surface area contributed by atoms with Crippen molar-refractivity contribution in [3.8, 4) is 0 Å².